The minimum Gasteiger partial charge on any atom is -0.298 e. The van der Waals surface area contributed by atoms with E-state index in [0.29, 0.717) is 12.5 Å². The van der Waals surface area contributed by atoms with Crippen LogP contribution < -0.4 is 11.3 Å². The first kappa shape index (κ1) is 16.4. The molecular formula is C15H31N3O. The van der Waals surface area contributed by atoms with Crippen molar-refractivity contribution < 1.29 is 4.79 Å². The van der Waals surface area contributed by atoms with Gasteiger partial charge in [-0.3, -0.25) is 15.1 Å². The second-order valence-electron chi connectivity index (χ2n) is 6.31. The van der Waals surface area contributed by atoms with Gasteiger partial charge in [-0.25, -0.2) is 5.84 Å². The summed E-state index contributed by atoms with van der Waals surface area (Å²) in [5.41, 5.74) is 2.22. The molecule has 1 aliphatic carbocycles. The topological polar surface area (TPSA) is 58.4 Å². The van der Waals surface area contributed by atoms with Crippen molar-refractivity contribution in [2.75, 3.05) is 6.54 Å². The summed E-state index contributed by atoms with van der Waals surface area (Å²) in [6.45, 7) is 7.97. The Morgan fingerprint density at radius 3 is 2.42 bits per heavy atom. The molecule has 0 heterocycles. The molecule has 1 unspecified atom stereocenters. The van der Waals surface area contributed by atoms with Crippen molar-refractivity contribution in [1.29, 1.82) is 0 Å². The van der Waals surface area contributed by atoms with E-state index in [-0.39, 0.29) is 5.91 Å². The van der Waals surface area contributed by atoms with Crippen LogP contribution in [-0.2, 0) is 4.79 Å². The summed E-state index contributed by atoms with van der Waals surface area (Å²) in [6.07, 6.45) is 8.04. The maximum absolute atomic E-state index is 11.3. The highest BCUT2D eigenvalue weighted by atomic mass is 16.2. The molecular weight excluding hydrogens is 238 g/mol. The van der Waals surface area contributed by atoms with Crippen LogP contribution in [-0.4, -0.2) is 29.4 Å². The van der Waals surface area contributed by atoms with Crippen LogP contribution in [0.5, 0.6) is 0 Å². The Morgan fingerprint density at radius 1 is 1.26 bits per heavy atom. The largest absolute Gasteiger partial charge is 0.298 e. The molecule has 0 aromatic carbocycles. The minimum atomic E-state index is -0.0536. The highest BCUT2D eigenvalue weighted by Gasteiger charge is 2.26. The third kappa shape index (κ3) is 5.91. The fraction of sp³-hybridized carbons (Fsp3) is 0.933. The van der Waals surface area contributed by atoms with Crippen LogP contribution in [0.15, 0.2) is 0 Å². The van der Waals surface area contributed by atoms with Crippen LogP contribution in [0.1, 0.15) is 65.7 Å². The molecule has 1 rings (SSSR count). The Balaban J connectivity index is 2.47. The van der Waals surface area contributed by atoms with Gasteiger partial charge in [0.2, 0.25) is 5.91 Å². The normalized spacial score (nSPS) is 18.2. The summed E-state index contributed by atoms with van der Waals surface area (Å²) in [7, 11) is 0. The van der Waals surface area contributed by atoms with E-state index in [9.17, 15) is 4.79 Å². The summed E-state index contributed by atoms with van der Waals surface area (Å²) in [5, 5.41) is 0. The molecule has 0 spiro atoms. The number of nitrogens with zero attached hydrogens (tertiary/aromatic N) is 1. The first-order chi connectivity index (χ1) is 9.04. The first-order valence-electron chi connectivity index (χ1n) is 7.79. The van der Waals surface area contributed by atoms with E-state index < -0.39 is 0 Å². The highest BCUT2D eigenvalue weighted by molar-refractivity contribution is 5.75. The SMILES string of the molecule is CC(C)CCN(C(C)CCC(=O)NN)C1CCCC1. The quantitative estimate of drug-likeness (QED) is 0.404. The maximum Gasteiger partial charge on any atom is 0.233 e. The highest BCUT2D eigenvalue weighted by Crippen LogP contribution is 2.27. The van der Waals surface area contributed by atoms with Crippen LogP contribution in [0.3, 0.4) is 0 Å². The van der Waals surface area contributed by atoms with Gasteiger partial charge in [-0.1, -0.05) is 26.7 Å². The molecule has 4 nitrogen and oxygen atoms in total. The number of carbonyl (C=O) groups excluding carboxylic acids is 1. The predicted molar refractivity (Wildman–Crippen MR) is 79.4 cm³/mol. The maximum atomic E-state index is 11.3. The van der Waals surface area contributed by atoms with Crippen molar-refractivity contribution in [3.8, 4) is 0 Å². The molecule has 0 aliphatic heterocycles. The molecule has 1 saturated carbocycles. The van der Waals surface area contributed by atoms with Crippen molar-refractivity contribution in [2.24, 2.45) is 11.8 Å². The van der Waals surface area contributed by atoms with Gasteiger partial charge < -0.3 is 0 Å². The van der Waals surface area contributed by atoms with Crippen molar-refractivity contribution in [2.45, 2.75) is 77.8 Å². The molecule has 0 aromatic heterocycles. The lowest BCUT2D eigenvalue weighted by atomic mass is 10.0. The first-order valence-corrected chi connectivity index (χ1v) is 7.79. The third-order valence-corrected chi connectivity index (χ3v) is 4.27. The van der Waals surface area contributed by atoms with Crippen molar-refractivity contribution in [1.82, 2.24) is 10.3 Å². The zero-order valence-electron chi connectivity index (χ0n) is 12.8. The summed E-state index contributed by atoms with van der Waals surface area (Å²) < 4.78 is 0. The lowest BCUT2D eigenvalue weighted by molar-refractivity contribution is -0.121. The van der Waals surface area contributed by atoms with Gasteiger partial charge in [0.05, 0.1) is 0 Å². The monoisotopic (exact) mass is 269 g/mol. The Labute approximate surface area is 118 Å². The molecule has 1 fully saturated rings. The van der Waals surface area contributed by atoms with Crippen LogP contribution >= 0.6 is 0 Å². The molecule has 1 atom stereocenters. The minimum absolute atomic E-state index is 0.0536. The molecule has 0 radical (unpaired) electrons. The molecule has 19 heavy (non-hydrogen) atoms. The Kier molecular flexibility index (Phi) is 7.39. The zero-order valence-corrected chi connectivity index (χ0v) is 12.8. The lowest BCUT2D eigenvalue weighted by Crippen LogP contribution is -2.42. The van der Waals surface area contributed by atoms with Gasteiger partial charge in [-0.15, -0.1) is 0 Å². The van der Waals surface area contributed by atoms with Crippen LogP contribution in [0, 0.1) is 5.92 Å². The second kappa shape index (κ2) is 8.54. The van der Waals surface area contributed by atoms with E-state index in [1.54, 1.807) is 0 Å². The number of nitrogens with one attached hydrogen (secondary N) is 1. The van der Waals surface area contributed by atoms with E-state index in [1.807, 2.05) is 0 Å². The fourth-order valence-electron chi connectivity index (χ4n) is 2.98. The zero-order chi connectivity index (χ0) is 14.3. The number of carbonyl (C=O) groups is 1. The molecule has 1 amide bonds. The molecule has 3 N–H and O–H groups in total. The van der Waals surface area contributed by atoms with Crippen molar-refractivity contribution in [3.63, 3.8) is 0 Å². The van der Waals surface area contributed by atoms with Gasteiger partial charge in [0, 0.05) is 18.5 Å². The second-order valence-corrected chi connectivity index (χ2v) is 6.31. The summed E-state index contributed by atoms with van der Waals surface area (Å²) in [6, 6.07) is 1.20. The third-order valence-electron chi connectivity index (χ3n) is 4.27. The molecule has 0 bridgehead atoms. The van der Waals surface area contributed by atoms with Crippen molar-refractivity contribution >= 4 is 5.91 Å². The summed E-state index contributed by atoms with van der Waals surface area (Å²) in [5.74, 6) is 5.83. The van der Waals surface area contributed by atoms with Gasteiger partial charge in [0.25, 0.3) is 0 Å². The van der Waals surface area contributed by atoms with Gasteiger partial charge in [-0.05, 0) is 45.1 Å². The van der Waals surface area contributed by atoms with Crippen LogP contribution in [0.4, 0.5) is 0 Å². The average Bonchev–Trinajstić information content (AvgIpc) is 2.89. The number of rotatable bonds is 8. The van der Waals surface area contributed by atoms with Gasteiger partial charge in [0.1, 0.15) is 0 Å². The van der Waals surface area contributed by atoms with E-state index >= 15 is 0 Å². The number of amides is 1. The summed E-state index contributed by atoms with van der Waals surface area (Å²) >= 11 is 0. The molecule has 1 aliphatic rings. The number of hydrazine groups is 1. The smallest absolute Gasteiger partial charge is 0.233 e. The molecule has 4 heteroatoms. The fourth-order valence-corrected chi connectivity index (χ4v) is 2.98. The average molecular weight is 269 g/mol. The van der Waals surface area contributed by atoms with Gasteiger partial charge in [0.15, 0.2) is 0 Å². The Hall–Kier alpha value is -0.610. The lowest BCUT2D eigenvalue weighted by Gasteiger charge is -2.35. The Morgan fingerprint density at radius 2 is 1.89 bits per heavy atom. The number of hydrogen-bond acceptors (Lipinski definition) is 3. The van der Waals surface area contributed by atoms with Gasteiger partial charge >= 0.3 is 0 Å². The predicted octanol–water partition coefficient (Wildman–Crippen LogP) is 2.44. The molecule has 0 saturated heterocycles. The standard InChI is InChI=1S/C15H31N3O/c1-12(2)10-11-18(14-6-4-5-7-14)13(3)8-9-15(19)17-16/h12-14H,4-11,16H2,1-3H3,(H,17,19). The van der Waals surface area contributed by atoms with Crippen molar-refractivity contribution in [3.05, 3.63) is 0 Å². The number of nitrogens with two attached hydrogens (primary N) is 1. The van der Waals surface area contributed by atoms with Crippen LogP contribution in [0.25, 0.3) is 0 Å². The van der Waals surface area contributed by atoms with E-state index in [0.717, 1.165) is 24.9 Å². The number of hydrogen-bond donors (Lipinski definition) is 2. The van der Waals surface area contributed by atoms with E-state index in [4.69, 9.17) is 5.84 Å². The molecule has 112 valence electrons. The van der Waals surface area contributed by atoms with Gasteiger partial charge in [-0.2, -0.15) is 0 Å². The molecule has 0 aromatic rings. The Bertz CT molecular complexity index is 262. The van der Waals surface area contributed by atoms with E-state index in [1.165, 1.54) is 32.1 Å². The summed E-state index contributed by atoms with van der Waals surface area (Å²) in [4.78, 5) is 13.9. The van der Waals surface area contributed by atoms with E-state index in [2.05, 4.69) is 31.1 Å². The van der Waals surface area contributed by atoms with Crippen LogP contribution in [0.2, 0.25) is 0 Å².